The number of phenolic OH excluding ortho intramolecular Hbond substituents is 1. The van der Waals surface area contributed by atoms with Crippen molar-refractivity contribution in [2.24, 2.45) is 5.92 Å². The molecule has 2 aromatic carbocycles. The van der Waals surface area contributed by atoms with Gasteiger partial charge in [0.2, 0.25) is 5.91 Å². The topological polar surface area (TPSA) is 100 Å². The van der Waals surface area contributed by atoms with Crippen LogP contribution in [0.4, 0.5) is 10.1 Å². The van der Waals surface area contributed by atoms with Gasteiger partial charge in [-0.15, -0.1) is 0 Å². The van der Waals surface area contributed by atoms with Gasteiger partial charge in [-0.2, -0.15) is 15.0 Å². The lowest BCUT2D eigenvalue weighted by molar-refractivity contribution is -0.121. The van der Waals surface area contributed by atoms with E-state index < -0.39 is 11.7 Å². The maximum absolute atomic E-state index is 13.5. The van der Waals surface area contributed by atoms with Gasteiger partial charge in [0.15, 0.2) is 0 Å². The largest absolute Gasteiger partial charge is 0.506 e. The number of benzene rings is 2. The number of likely N-dealkylation sites (tertiary alicyclic amines) is 1. The van der Waals surface area contributed by atoms with Gasteiger partial charge in [0.25, 0.3) is 5.91 Å². The molecule has 166 valence electrons. The molecule has 2 heterocycles. The molecule has 2 amide bonds. The van der Waals surface area contributed by atoms with Gasteiger partial charge in [0.05, 0.1) is 35.2 Å². The molecule has 8 nitrogen and oxygen atoms in total. The minimum atomic E-state index is -0.564. The summed E-state index contributed by atoms with van der Waals surface area (Å²) in [7, 11) is 0. The zero-order chi connectivity index (χ0) is 22.8. The number of aromatic hydroxyl groups is 1. The number of amides is 2. The molecular weight excluding hydrogens is 413 g/mol. The Hall–Kier alpha value is -3.75. The number of anilines is 1. The van der Waals surface area contributed by atoms with E-state index in [1.54, 1.807) is 29.4 Å². The van der Waals surface area contributed by atoms with Crippen LogP contribution in [0.25, 0.3) is 5.69 Å². The molecule has 1 aromatic heterocycles. The van der Waals surface area contributed by atoms with Gasteiger partial charge in [0.1, 0.15) is 11.6 Å². The maximum Gasteiger partial charge on any atom is 0.256 e. The molecule has 2 unspecified atom stereocenters. The van der Waals surface area contributed by atoms with Crippen LogP contribution in [0, 0.1) is 18.7 Å². The fourth-order valence-electron chi connectivity index (χ4n) is 3.94. The van der Waals surface area contributed by atoms with Crippen LogP contribution in [0.1, 0.15) is 35.7 Å². The van der Waals surface area contributed by atoms with Crippen LogP contribution in [0.2, 0.25) is 0 Å². The van der Waals surface area contributed by atoms with Crippen LogP contribution in [-0.4, -0.2) is 49.4 Å². The smallest absolute Gasteiger partial charge is 0.256 e. The van der Waals surface area contributed by atoms with Crippen LogP contribution in [-0.2, 0) is 4.79 Å². The summed E-state index contributed by atoms with van der Waals surface area (Å²) in [4.78, 5) is 29.5. The molecule has 1 saturated heterocycles. The van der Waals surface area contributed by atoms with Gasteiger partial charge in [-0.05, 0) is 51.0 Å². The average molecular weight is 437 g/mol. The summed E-state index contributed by atoms with van der Waals surface area (Å²) < 4.78 is 13.5. The van der Waals surface area contributed by atoms with Crippen molar-refractivity contribution >= 4 is 17.5 Å². The van der Waals surface area contributed by atoms with E-state index in [-0.39, 0.29) is 35.8 Å². The molecule has 4 rings (SSSR count). The first-order valence-corrected chi connectivity index (χ1v) is 10.4. The van der Waals surface area contributed by atoms with E-state index in [1.807, 2.05) is 19.9 Å². The first kappa shape index (κ1) is 21.5. The van der Waals surface area contributed by atoms with Crippen molar-refractivity contribution < 1.29 is 19.1 Å². The van der Waals surface area contributed by atoms with Gasteiger partial charge in [0, 0.05) is 18.7 Å². The van der Waals surface area contributed by atoms with Crippen molar-refractivity contribution in [1.29, 1.82) is 0 Å². The normalized spacial score (nSPS) is 18.4. The standard InChI is InChI=1S/C23H24FN5O3/c1-14-3-7-20(29-25-9-10-26-29)18(11-14)23(32)28-13-16(5-4-15(28)2)22(31)27-19-12-17(24)6-8-21(19)30/h3,6-12,15-16,30H,4-5,13H2,1-2H3,(H,27,31). The summed E-state index contributed by atoms with van der Waals surface area (Å²) in [5.41, 5.74) is 1.95. The highest BCUT2D eigenvalue weighted by atomic mass is 19.1. The van der Waals surface area contributed by atoms with Gasteiger partial charge in [-0.1, -0.05) is 11.6 Å². The zero-order valence-corrected chi connectivity index (χ0v) is 17.8. The summed E-state index contributed by atoms with van der Waals surface area (Å²) in [6.45, 7) is 4.06. The highest BCUT2D eigenvalue weighted by Gasteiger charge is 2.34. The number of halogens is 1. The number of carbonyl (C=O) groups is 2. The van der Waals surface area contributed by atoms with E-state index >= 15 is 0 Å². The summed E-state index contributed by atoms with van der Waals surface area (Å²) >= 11 is 0. The van der Waals surface area contributed by atoms with Crippen molar-refractivity contribution in [3.8, 4) is 11.4 Å². The predicted octanol–water partition coefficient (Wildman–Crippen LogP) is 3.30. The number of aryl methyl sites for hydroxylation is 1. The molecule has 3 aromatic rings. The van der Waals surface area contributed by atoms with Crippen molar-refractivity contribution in [2.75, 3.05) is 11.9 Å². The SMILES string of the molecule is Cc1ccc(-n2nccn2)c(C(=O)N2CC(C(=O)Nc3cc(F)ccc3O)CCC2C)c1. The van der Waals surface area contributed by atoms with E-state index in [2.05, 4.69) is 15.5 Å². The third-order valence-electron chi connectivity index (χ3n) is 5.75. The fraction of sp³-hybridized carbons (Fsp3) is 0.304. The molecule has 0 bridgehead atoms. The Morgan fingerprint density at radius 3 is 2.62 bits per heavy atom. The van der Waals surface area contributed by atoms with Crippen LogP contribution >= 0.6 is 0 Å². The van der Waals surface area contributed by atoms with Crippen molar-refractivity contribution in [3.05, 3.63) is 65.7 Å². The number of aromatic nitrogens is 3. The van der Waals surface area contributed by atoms with Crippen LogP contribution < -0.4 is 5.32 Å². The second kappa shape index (κ2) is 8.78. The molecule has 0 aliphatic carbocycles. The Kier molecular flexibility index (Phi) is 5.89. The van der Waals surface area contributed by atoms with Gasteiger partial charge in [-0.25, -0.2) is 4.39 Å². The van der Waals surface area contributed by atoms with Gasteiger partial charge in [-0.3, -0.25) is 9.59 Å². The number of hydrogen-bond acceptors (Lipinski definition) is 5. The monoisotopic (exact) mass is 437 g/mol. The second-order valence-corrected chi connectivity index (χ2v) is 8.07. The second-order valence-electron chi connectivity index (χ2n) is 8.07. The Morgan fingerprint density at radius 1 is 1.12 bits per heavy atom. The third-order valence-corrected chi connectivity index (χ3v) is 5.75. The van der Waals surface area contributed by atoms with Crippen LogP contribution in [0.5, 0.6) is 5.75 Å². The number of nitrogens with one attached hydrogen (secondary N) is 1. The predicted molar refractivity (Wildman–Crippen MR) is 116 cm³/mol. The summed E-state index contributed by atoms with van der Waals surface area (Å²) in [6, 6.07) is 8.78. The molecule has 9 heteroatoms. The third kappa shape index (κ3) is 4.32. The van der Waals surface area contributed by atoms with Crippen molar-refractivity contribution in [1.82, 2.24) is 19.9 Å². The molecule has 2 atom stereocenters. The van der Waals surface area contributed by atoms with E-state index in [0.717, 1.165) is 17.7 Å². The summed E-state index contributed by atoms with van der Waals surface area (Å²) in [6.07, 6.45) is 4.30. The number of carbonyl (C=O) groups excluding carboxylic acids is 2. The number of piperidine rings is 1. The van der Waals surface area contributed by atoms with E-state index in [1.165, 1.54) is 10.9 Å². The molecule has 0 saturated carbocycles. The average Bonchev–Trinajstić information content (AvgIpc) is 3.30. The molecule has 0 spiro atoms. The first-order valence-electron chi connectivity index (χ1n) is 10.4. The molecule has 2 N–H and O–H groups in total. The van der Waals surface area contributed by atoms with Crippen molar-refractivity contribution in [2.45, 2.75) is 32.7 Å². The van der Waals surface area contributed by atoms with Gasteiger partial charge < -0.3 is 15.3 Å². The van der Waals surface area contributed by atoms with Gasteiger partial charge >= 0.3 is 0 Å². The van der Waals surface area contributed by atoms with Crippen LogP contribution in [0.3, 0.4) is 0 Å². The fourth-order valence-corrected chi connectivity index (χ4v) is 3.94. The summed E-state index contributed by atoms with van der Waals surface area (Å²) in [5, 5.41) is 20.8. The zero-order valence-electron chi connectivity index (χ0n) is 17.8. The number of phenols is 1. The summed E-state index contributed by atoms with van der Waals surface area (Å²) in [5.74, 6) is -1.85. The Labute approximate surface area is 184 Å². The lowest BCUT2D eigenvalue weighted by atomic mass is 9.91. The number of nitrogens with zero attached hydrogens (tertiary/aromatic N) is 4. The van der Waals surface area contributed by atoms with Crippen molar-refractivity contribution in [3.63, 3.8) is 0 Å². The van der Waals surface area contributed by atoms with E-state index in [0.29, 0.717) is 24.1 Å². The van der Waals surface area contributed by atoms with E-state index in [4.69, 9.17) is 0 Å². The number of rotatable bonds is 4. The highest BCUT2D eigenvalue weighted by molar-refractivity contribution is 5.99. The Bertz CT molecular complexity index is 1150. The molecule has 0 radical (unpaired) electrons. The van der Waals surface area contributed by atoms with E-state index in [9.17, 15) is 19.1 Å². The molecule has 1 aliphatic heterocycles. The maximum atomic E-state index is 13.5. The lowest BCUT2D eigenvalue weighted by Gasteiger charge is -2.37. The Balaban J connectivity index is 1.56. The minimum absolute atomic E-state index is 0.0113. The molecule has 1 fully saturated rings. The van der Waals surface area contributed by atoms with Crippen LogP contribution in [0.15, 0.2) is 48.8 Å². The quantitative estimate of drug-likeness (QED) is 0.610. The Morgan fingerprint density at radius 2 is 1.88 bits per heavy atom. The first-order chi connectivity index (χ1) is 15.3. The molecule has 1 aliphatic rings. The molecular formula is C23H24FN5O3. The molecule has 32 heavy (non-hydrogen) atoms. The minimum Gasteiger partial charge on any atom is -0.506 e. The lowest BCUT2D eigenvalue weighted by Crippen LogP contribution is -2.48. The highest BCUT2D eigenvalue weighted by Crippen LogP contribution is 2.29. The number of hydrogen-bond donors (Lipinski definition) is 2.